The third-order valence-corrected chi connectivity index (χ3v) is 5.59. The van der Waals surface area contributed by atoms with Crippen LogP contribution in [0.3, 0.4) is 0 Å². The summed E-state index contributed by atoms with van der Waals surface area (Å²) in [7, 11) is 0. The van der Waals surface area contributed by atoms with Crippen LogP contribution in [0.5, 0.6) is 0 Å². The van der Waals surface area contributed by atoms with Crippen LogP contribution in [0.25, 0.3) is 0 Å². The second-order valence-corrected chi connectivity index (χ2v) is 8.80. The molecule has 0 radical (unpaired) electrons. The number of fused-ring (bicyclic) bond motifs is 1. The lowest BCUT2D eigenvalue weighted by molar-refractivity contribution is 0.0183. The molecular formula is C19H28N2O2S. The minimum absolute atomic E-state index is 0.186. The largest absolute Gasteiger partial charge is 0.444 e. The fraction of sp³-hybridized carbons (Fsp3) is 0.632. The smallest absolute Gasteiger partial charge is 0.410 e. The summed E-state index contributed by atoms with van der Waals surface area (Å²) < 4.78 is 5.53. The molecule has 0 saturated carbocycles. The zero-order valence-corrected chi connectivity index (χ0v) is 15.7. The van der Waals surface area contributed by atoms with E-state index in [0.29, 0.717) is 12.1 Å². The van der Waals surface area contributed by atoms with Crippen molar-refractivity contribution < 1.29 is 9.53 Å². The highest BCUT2D eigenvalue weighted by Gasteiger charge is 2.30. The van der Waals surface area contributed by atoms with Crippen molar-refractivity contribution in [1.29, 1.82) is 0 Å². The van der Waals surface area contributed by atoms with Crippen LogP contribution < -0.4 is 5.32 Å². The van der Waals surface area contributed by atoms with E-state index in [-0.39, 0.29) is 6.09 Å². The molecule has 0 bridgehead atoms. The van der Waals surface area contributed by atoms with E-state index >= 15 is 0 Å². The van der Waals surface area contributed by atoms with Crippen molar-refractivity contribution in [2.75, 3.05) is 18.8 Å². The minimum atomic E-state index is -0.434. The summed E-state index contributed by atoms with van der Waals surface area (Å²) in [4.78, 5) is 15.6. The number of ether oxygens (including phenoxy) is 1. The fourth-order valence-corrected chi connectivity index (χ4v) is 4.53. The van der Waals surface area contributed by atoms with Gasteiger partial charge in [0.25, 0.3) is 0 Å². The Kier molecular flexibility index (Phi) is 5.40. The van der Waals surface area contributed by atoms with Crippen molar-refractivity contribution in [3.8, 4) is 0 Å². The van der Waals surface area contributed by atoms with Crippen LogP contribution in [0.1, 0.15) is 51.6 Å². The van der Waals surface area contributed by atoms with E-state index in [1.54, 1.807) is 0 Å². The Balaban J connectivity index is 1.61. The number of hydrogen-bond acceptors (Lipinski definition) is 4. The maximum absolute atomic E-state index is 12.3. The first-order chi connectivity index (χ1) is 11.4. The highest BCUT2D eigenvalue weighted by Crippen LogP contribution is 2.36. The molecule has 0 aromatic heterocycles. The molecule has 2 aliphatic heterocycles. The van der Waals surface area contributed by atoms with Gasteiger partial charge in [-0.05, 0) is 57.4 Å². The zero-order chi connectivity index (χ0) is 17.2. The number of carbonyl (C=O) groups is 1. The van der Waals surface area contributed by atoms with Gasteiger partial charge >= 0.3 is 6.09 Å². The number of rotatable bonds is 2. The number of amides is 1. The molecule has 2 aliphatic rings. The van der Waals surface area contributed by atoms with Crippen molar-refractivity contribution in [3.63, 3.8) is 0 Å². The molecule has 2 unspecified atom stereocenters. The standard InChI is InChI=1S/C19H28N2O2S/c1-19(2,3)23-18(22)21-11-6-7-14(13-21)20-16-10-12-24-17-9-5-4-8-15(16)17/h4-5,8-9,14,16,20H,6-7,10-13H2,1-3H3. The highest BCUT2D eigenvalue weighted by atomic mass is 32.2. The Hall–Kier alpha value is -1.20. The summed E-state index contributed by atoms with van der Waals surface area (Å²) in [6.07, 6.45) is 3.10. The van der Waals surface area contributed by atoms with Gasteiger partial charge in [-0.2, -0.15) is 0 Å². The van der Waals surface area contributed by atoms with Crippen molar-refractivity contribution in [1.82, 2.24) is 10.2 Å². The van der Waals surface area contributed by atoms with E-state index in [4.69, 9.17) is 4.74 Å². The Bertz CT molecular complexity index is 585. The average molecular weight is 349 g/mol. The minimum Gasteiger partial charge on any atom is -0.444 e. The normalized spacial score (nSPS) is 24.4. The molecule has 132 valence electrons. The summed E-state index contributed by atoms with van der Waals surface area (Å²) in [6, 6.07) is 9.40. The average Bonchev–Trinajstić information content (AvgIpc) is 2.54. The molecule has 1 fully saturated rings. The molecule has 0 spiro atoms. The van der Waals surface area contributed by atoms with Crippen LogP contribution in [-0.4, -0.2) is 41.5 Å². The summed E-state index contributed by atoms with van der Waals surface area (Å²) in [5.74, 6) is 1.15. The molecule has 24 heavy (non-hydrogen) atoms. The van der Waals surface area contributed by atoms with Crippen LogP contribution in [0, 0.1) is 0 Å². The third-order valence-electron chi connectivity index (χ3n) is 4.47. The van der Waals surface area contributed by atoms with Crippen molar-refractivity contribution in [2.45, 2.75) is 62.6 Å². The van der Waals surface area contributed by atoms with E-state index < -0.39 is 5.60 Å². The first-order valence-corrected chi connectivity index (χ1v) is 9.86. The number of nitrogens with one attached hydrogen (secondary N) is 1. The quantitative estimate of drug-likeness (QED) is 0.869. The molecule has 2 heterocycles. The molecule has 0 aliphatic carbocycles. The molecule has 1 aromatic rings. The Morgan fingerprint density at radius 3 is 2.88 bits per heavy atom. The van der Waals surface area contributed by atoms with E-state index in [1.807, 2.05) is 37.4 Å². The third kappa shape index (κ3) is 4.45. The van der Waals surface area contributed by atoms with Gasteiger partial charge in [0, 0.05) is 30.1 Å². The lowest BCUT2D eigenvalue weighted by Gasteiger charge is -2.37. The van der Waals surface area contributed by atoms with E-state index in [1.165, 1.54) is 10.5 Å². The fourth-order valence-electron chi connectivity index (χ4n) is 3.41. The number of carbonyl (C=O) groups excluding carboxylic acids is 1. The maximum atomic E-state index is 12.3. The van der Waals surface area contributed by atoms with E-state index in [2.05, 4.69) is 29.6 Å². The van der Waals surface area contributed by atoms with Crippen LogP contribution >= 0.6 is 11.8 Å². The van der Waals surface area contributed by atoms with Gasteiger partial charge in [0.1, 0.15) is 5.60 Å². The monoisotopic (exact) mass is 348 g/mol. The van der Waals surface area contributed by atoms with Gasteiger partial charge < -0.3 is 15.0 Å². The summed E-state index contributed by atoms with van der Waals surface area (Å²) in [6.45, 7) is 7.29. The van der Waals surface area contributed by atoms with Crippen LogP contribution in [0.4, 0.5) is 4.79 Å². The van der Waals surface area contributed by atoms with Gasteiger partial charge in [-0.1, -0.05) is 18.2 Å². The van der Waals surface area contributed by atoms with Gasteiger partial charge in [0.2, 0.25) is 0 Å². The summed E-state index contributed by atoms with van der Waals surface area (Å²) in [5, 5.41) is 3.80. The number of hydrogen-bond donors (Lipinski definition) is 1. The number of piperidine rings is 1. The zero-order valence-electron chi connectivity index (χ0n) is 14.9. The predicted molar refractivity (Wildman–Crippen MR) is 98.5 cm³/mol. The lowest BCUT2D eigenvalue weighted by Crippen LogP contribution is -2.50. The number of nitrogens with zero attached hydrogens (tertiary/aromatic N) is 1. The molecular weight excluding hydrogens is 320 g/mol. The van der Waals surface area contributed by atoms with E-state index in [0.717, 1.165) is 38.1 Å². The van der Waals surface area contributed by atoms with Gasteiger partial charge in [0.15, 0.2) is 0 Å². The van der Waals surface area contributed by atoms with Crippen molar-refractivity contribution in [3.05, 3.63) is 29.8 Å². The Labute approximate surface area is 149 Å². The summed E-state index contributed by atoms with van der Waals surface area (Å²) in [5.41, 5.74) is 0.972. The SMILES string of the molecule is CC(C)(C)OC(=O)N1CCCC(NC2CCSc3ccccc32)C1. The highest BCUT2D eigenvalue weighted by molar-refractivity contribution is 7.99. The maximum Gasteiger partial charge on any atom is 0.410 e. The van der Waals surface area contributed by atoms with Crippen molar-refractivity contribution in [2.24, 2.45) is 0 Å². The Morgan fingerprint density at radius 2 is 2.08 bits per heavy atom. The van der Waals surface area contributed by atoms with Crippen LogP contribution in [0.15, 0.2) is 29.2 Å². The second-order valence-electron chi connectivity index (χ2n) is 7.66. The van der Waals surface area contributed by atoms with Crippen LogP contribution in [-0.2, 0) is 4.74 Å². The molecule has 2 atom stereocenters. The number of benzene rings is 1. The molecule has 1 saturated heterocycles. The Morgan fingerprint density at radius 1 is 1.29 bits per heavy atom. The van der Waals surface area contributed by atoms with Gasteiger partial charge in [-0.15, -0.1) is 11.8 Å². The second kappa shape index (κ2) is 7.36. The first kappa shape index (κ1) is 17.6. The van der Waals surface area contributed by atoms with E-state index in [9.17, 15) is 4.79 Å². The van der Waals surface area contributed by atoms with Gasteiger partial charge in [-0.3, -0.25) is 0 Å². The van der Waals surface area contributed by atoms with Crippen LogP contribution in [0.2, 0.25) is 0 Å². The topological polar surface area (TPSA) is 41.6 Å². The lowest BCUT2D eigenvalue weighted by atomic mass is 9.99. The van der Waals surface area contributed by atoms with Crippen molar-refractivity contribution >= 4 is 17.9 Å². The molecule has 5 heteroatoms. The summed E-state index contributed by atoms with van der Waals surface area (Å²) >= 11 is 1.94. The number of likely N-dealkylation sites (tertiary alicyclic amines) is 1. The molecule has 4 nitrogen and oxygen atoms in total. The molecule has 1 amide bonds. The van der Waals surface area contributed by atoms with Gasteiger partial charge in [0.05, 0.1) is 0 Å². The molecule has 1 N–H and O–H groups in total. The molecule has 3 rings (SSSR count). The number of thioether (sulfide) groups is 1. The molecule has 1 aromatic carbocycles. The predicted octanol–water partition coefficient (Wildman–Crippen LogP) is 4.21. The first-order valence-electron chi connectivity index (χ1n) is 8.88. The van der Waals surface area contributed by atoms with Gasteiger partial charge in [-0.25, -0.2) is 4.79 Å².